The van der Waals surface area contributed by atoms with Crippen LogP contribution in [0.3, 0.4) is 0 Å². The molecule has 0 radical (unpaired) electrons. The van der Waals surface area contributed by atoms with Crippen molar-refractivity contribution < 1.29 is 13.6 Å². The van der Waals surface area contributed by atoms with Crippen molar-refractivity contribution in [3.05, 3.63) is 70.8 Å². The SMILES string of the molecule is CCCc1ccc(C(=O)c2ccc(F)cc2F)cc1. The molecule has 0 saturated carbocycles. The third kappa shape index (κ3) is 3.05. The van der Waals surface area contributed by atoms with E-state index in [0.29, 0.717) is 5.56 Å². The van der Waals surface area contributed by atoms with Gasteiger partial charge in [0.1, 0.15) is 11.6 Å². The number of carbonyl (C=O) groups is 1. The van der Waals surface area contributed by atoms with Gasteiger partial charge in [-0.25, -0.2) is 8.78 Å². The molecule has 0 heterocycles. The van der Waals surface area contributed by atoms with Gasteiger partial charge in [-0.15, -0.1) is 0 Å². The summed E-state index contributed by atoms with van der Waals surface area (Å²) in [6.45, 7) is 2.08. The summed E-state index contributed by atoms with van der Waals surface area (Å²) < 4.78 is 26.3. The van der Waals surface area contributed by atoms with Gasteiger partial charge in [0.25, 0.3) is 0 Å². The fourth-order valence-electron chi connectivity index (χ4n) is 1.94. The second kappa shape index (κ2) is 5.74. The highest BCUT2D eigenvalue weighted by atomic mass is 19.1. The molecular weight excluding hydrogens is 246 g/mol. The van der Waals surface area contributed by atoms with Crippen LogP contribution in [0.1, 0.15) is 34.8 Å². The summed E-state index contributed by atoms with van der Waals surface area (Å²) in [5.74, 6) is -1.95. The summed E-state index contributed by atoms with van der Waals surface area (Å²) in [6, 6.07) is 10.1. The topological polar surface area (TPSA) is 17.1 Å². The van der Waals surface area contributed by atoms with Crippen LogP contribution >= 0.6 is 0 Å². The molecule has 0 fully saturated rings. The molecule has 0 atom stereocenters. The molecule has 0 bridgehead atoms. The lowest BCUT2D eigenvalue weighted by Gasteiger charge is -2.04. The first-order chi connectivity index (χ1) is 9.11. The minimum absolute atomic E-state index is 0.107. The van der Waals surface area contributed by atoms with Gasteiger partial charge in [-0.05, 0) is 24.1 Å². The quantitative estimate of drug-likeness (QED) is 0.755. The second-order valence-corrected chi connectivity index (χ2v) is 4.40. The number of carbonyl (C=O) groups excluding carboxylic acids is 1. The number of benzene rings is 2. The highest BCUT2D eigenvalue weighted by Gasteiger charge is 2.14. The Morgan fingerprint density at radius 2 is 1.74 bits per heavy atom. The Labute approximate surface area is 110 Å². The van der Waals surface area contributed by atoms with Crippen LogP contribution in [0.25, 0.3) is 0 Å². The van der Waals surface area contributed by atoms with Gasteiger partial charge >= 0.3 is 0 Å². The summed E-state index contributed by atoms with van der Waals surface area (Å²) in [5, 5.41) is 0. The lowest BCUT2D eigenvalue weighted by Crippen LogP contribution is -2.04. The van der Waals surface area contributed by atoms with Crippen molar-refractivity contribution in [2.45, 2.75) is 19.8 Å². The number of aryl methyl sites for hydroxylation is 1. The molecule has 0 N–H and O–H groups in total. The van der Waals surface area contributed by atoms with E-state index in [1.807, 2.05) is 12.1 Å². The first-order valence-electron chi connectivity index (χ1n) is 6.20. The van der Waals surface area contributed by atoms with Crippen molar-refractivity contribution in [1.82, 2.24) is 0 Å². The molecule has 0 spiro atoms. The van der Waals surface area contributed by atoms with Gasteiger partial charge in [0.05, 0.1) is 5.56 Å². The smallest absolute Gasteiger partial charge is 0.195 e. The van der Waals surface area contributed by atoms with Crippen molar-refractivity contribution in [1.29, 1.82) is 0 Å². The molecule has 3 heteroatoms. The Morgan fingerprint density at radius 3 is 2.32 bits per heavy atom. The summed E-state index contributed by atoms with van der Waals surface area (Å²) in [7, 11) is 0. The standard InChI is InChI=1S/C16H14F2O/c1-2-3-11-4-6-12(7-5-11)16(19)14-9-8-13(17)10-15(14)18/h4-10H,2-3H2,1H3. The predicted octanol–water partition coefficient (Wildman–Crippen LogP) is 4.15. The Balaban J connectivity index is 2.28. The van der Waals surface area contributed by atoms with E-state index in [9.17, 15) is 13.6 Å². The molecular formula is C16H14F2O. The Kier molecular flexibility index (Phi) is 4.05. The molecule has 1 nitrogen and oxygen atoms in total. The van der Waals surface area contributed by atoms with Crippen LogP contribution in [0.15, 0.2) is 42.5 Å². The van der Waals surface area contributed by atoms with Crippen LogP contribution in [0.2, 0.25) is 0 Å². The maximum absolute atomic E-state index is 13.5. The van der Waals surface area contributed by atoms with Gasteiger partial charge in [0.15, 0.2) is 5.78 Å². The van der Waals surface area contributed by atoms with E-state index in [1.165, 1.54) is 6.07 Å². The summed E-state index contributed by atoms with van der Waals surface area (Å²) in [4.78, 5) is 12.1. The van der Waals surface area contributed by atoms with Crippen LogP contribution in [-0.2, 0) is 6.42 Å². The van der Waals surface area contributed by atoms with Crippen molar-refractivity contribution >= 4 is 5.78 Å². The molecule has 0 aliphatic rings. The van der Waals surface area contributed by atoms with Crippen molar-refractivity contribution in [3.63, 3.8) is 0 Å². The van der Waals surface area contributed by atoms with Crippen molar-refractivity contribution in [2.24, 2.45) is 0 Å². The highest BCUT2D eigenvalue weighted by molar-refractivity contribution is 6.09. The Bertz CT molecular complexity index is 588. The molecule has 0 saturated heterocycles. The normalized spacial score (nSPS) is 10.5. The van der Waals surface area contributed by atoms with Crippen molar-refractivity contribution in [2.75, 3.05) is 0 Å². The number of hydrogen-bond acceptors (Lipinski definition) is 1. The maximum atomic E-state index is 13.5. The van der Waals surface area contributed by atoms with E-state index in [0.717, 1.165) is 30.5 Å². The van der Waals surface area contributed by atoms with E-state index in [4.69, 9.17) is 0 Å². The zero-order valence-electron chi connectivity index (χ0n) is 10.6. The average Bonchev–Trinajstić information content (AvgIpc) is 2.39. The summed E-state index contributed by atoms with van der Waals surface area (Å²) in [6.07, 6.45) is 1.97. The van der Waals surface area contributed by atoms with E-state index < -0.39 is 17.4 Å². The van der Waals surface area contributed by atoms with Crippen molar-refractivity contribution in [3.8, 4) is 0 Å². The predicted molar refractivity (Wildman–Crippen MR) is 70.2 cm³/mol. The average molecular weight is 260 g/mol. The fourth-order valence-corrected chi connectivity index (χ4v) is 1.94. The first kappa shape index (κ1) is 13.4. The molecule has 0 aliphatic carbocycles. The zero-order valence-corrected chi connectivity index (χ0v) is 10.6. The van der Waals surface area contributed by atoms with Gasteiger partial charge in [-0.3, -0.25) is 4.79 Å². The molecule has 0 amide bonds. The van der Waals surface area contributed by atoms with Crippen LogP contribution in [0.4, 0.5) is 8.78 Å². The lowest BCUT2D eigenvalue weighted by molar-refractivity contribution is 0.103. The first-order valence-corrected chi connectivity index (χ1v) is 6.20. The van der Waals surface area contributed by atoms with Crippen LogP contribution in [-0.4, -0.2) is 5.78 Å². The van der Waals surface area contributed by atoms with Gasteiger partial charge in [-0.1, -0.05) is 37.6 Å². The molecule has 0 unspecified atom stereocenters. The van der Waals surface area contributed by atoms with Crippen LogP contribution in [0.5, 0.6) is 0 Å². The number of ketones is 1. The second-order valence-electron chi connectivity index (χ2n) is 4.40. The van der Waals surface area contributed by atoms with Gasteiger partial charge in [0, 0.05) is 11.6 Å². The van der Waals surface area contributed by atoms with Crippen LogP contribution in [0, 0.1) is 11.6 Å². The van der Waals surface area contributed by atoms with Crippen LogP contribution < -0.4 is 0 Å². The Morgan fingerprint density at radius 1 is 1.05 bits per heavy atom. The third-order valence-corrected chi connectivity index (χ3v) is 2.93. The largest absolute Gasteiger partial charge is 0.288 e. The zero-order chi connectivity index (χ0) is 13.8. The molecule has 2 rings (SSSR count). The molecule has 0 aromatic heterocycles. The maximum Gasteiger partial charge on any atom is 0.195 e. The number of halogens is 2. The highest BCUT2D eigenvalue weighted by Crippen LogP contribution is 2.16. The monoisotopic (exact) mass is 260 g/mol. The van der Waals surface area contributed by atoms with E-state index in [1.54, 1.807) is 12.1 Å². The molecule has 0 aliphatic heterocycles. The van der Waals surface area contributed by atoms with Gasteiger partial charge in [-0.2, -0.15) is 0 Å². The fraction of sp³-hybridized carbons (Fsp3) is 0.188. The minimum Gasteiger partial charge on any atom is -0.288 e. The molecule has 19 heavy (non-hydrogen) atoms. The Hall–Kier alpha value is -2.03. The minimum atomic E-state index is -0.831. The number of hydrogen-bond donors (Lipinski definition) is 0. The van der Waals surface area contributed by atoms with E-state index in [2.05, 4.69) is 6.92 Å². The number of rotatable bonds is 4. The molecule has 2 aromatic carbocycles. The molecule has 2 aromatic rings. The van der Waals surface area contributed by atoms with Gasteiger partial charge in [0.2, 0.25) is 0 Å². The van der Waals surface area contributed by atoms with E-state index >= 15 is 0 Å². The lowest BCUT2D eigenvalue weighted by atomic mass is 10.0. The summed E-state index contributed by atoms with van der Waals surface area (Å²) >= 11 is 0. The third-order valence-electron chi connectivity index (χ3n) is 2.93. The van der Waals surface area contributed by atoms with Gasteiger partial charge < -0.3 is 0 Å². The summed E-state index contributed by atoms with van der Waals surface area (Å²) in [5.41, 5.74) is 1.44. The molecule has 98 valence electrons. The van der Waals surface area contributed by atoms with E-state index in [-0.39, 0.29) is 5.56 Å².